The van der Waals surface area contributed by atoms with E-state index in [1.54, 1.807) is 7.05 Å². The molecule has 2 heterocycles. The number of nitrogens with one attached hydrogen (secondary N) is 3. The van der Waals surface area contributed by atoms with Crippen LogP contribution in [0.1, 0.15) is 25.8 Å². The number of guanidine groups is 1. The lowest BCUT2D eigenvalue weighted by Gasteiger charge is -2.34. The minimum absolute atomic E-state index is 0. The number of alkyl halides is 3. The van der Waals surface area contributed by atoms with Crippen LogP contribution in [0.4, 0.5) is 19.0 Å². The third kappa shape index (κ3) is 10.7. The summed E-state index contributed by atoms with van der Waals surface area (Å²) in [6.45, 7) is 10.1. The van der Waals surface area contributed by atoms with Crippen LogP contribution in [0.3, 0.4) is 0 Å². The highest BCUT2D eigenvalue weighted by molar-refractivity contribution is 14.0. The van der Waals surface area contributed by atoms with E-state index in [1.165, 1.54) is 6.07 Å². The van der Waals surface area contributed by atoms with E-state index < -0.39 is 11.7 Å². The van der Waals surface area contributed by atoms with E-state index >= 15 is 0 Å². The van der Waals surface area contributed by atoms with Crippen molar-refractivity contribution in [2.24, 2.45) is 10.9 Å². The van der Waals surface area contributed by atoms with E-state index in [1.807, 2.05) is 0 Å². The highest BCUT2D eigenvalue weighted by atomic mass is 127. The Balaban J connectivity index is 0.00000480. The number of nitrogens with zero attached hydrogens (tertiary/aromatic N) is 3. The van der Waals surface area contributed by atoms with Crippen LogP contribution in [0.2, 0.25) is 0 Å². The van der Waals surface area contributed by atoms with Gasteiger partial charge in [0.15, 0.2) is 5.96 Å². The number of morpholine rings is 1. The topological polar surface area (TPSA) is 73.8 Å². The molecule has 1 aromatic rings. The molecule has 1 aliphatic heterocycles. The van der Waals surface area contributed by atoms with Crippen molar-refractivity contribution in [3.63, 3.8) is 0 Å². The average Bonchev–Trinajstić information content (AvgIpc) is 2.69. The van der Waals surface area contributed by atoms with Crippen molar-refractivity contribution in [2.45, 2.75) is 32.5 Å². The summed E-state index contributed by atoms with van der Waals surface area (Å²) in [4.78, 5) is 10.4. The van der Waals surface area contributed by atoms with Crippen LogP contribution in [-0.2, 0) is 10.9 Å². The molecule has 0 saturated carbocycles. The van der Waals surface area contributed by atoms with E-state index in [4.69, 9.17) is 4.74 Å². The van der Waals surface area contributed by atoms with Gasteiger partial charge >= 0.3 is 6.18 Å². The summed E-state index contributed by atoms with van der Waals surface area (Å²) in [7, 11) is 1.71. The third-order valence-corrected chi connectivity index (χ3v) is 4.61. The molecule has 31 heavy (non-hydrogen) atoms. The molecule has 3 N–H and O–H groups in total. The largest absolute Gasteiger partial charge is 0.417 e. The van der Waals surface area contributed by atoms with E-state index in [9.17, 15) is 13.2 Å². The molecule has 0 aromatic carbocycles. The number of hydrogen-bond donors (Lipinski definition) is 3. The molecule has 178 valence electrons. The normalized spacial score (nSPS) is 17.9. The van der Waals surface area contributed by atoms with Crippen molar-refractivity contribution in [2.75, 3.05) is 58.2 Å². The zero-order valence-electron chi connectivity index (χ0n) is 18.3. The predicted molar refractivity (Wildman–Crippen MR) is 128 cm³/mol. The van der Waals surface area contributed by atoms with Crippen molar-refractivity contribution in [3.05, 3.63) is 23.9 Å². The smallest absolute Gasteiger partial charge is 0.374 e. The Bertz CT molecular complexity index is 657. The lowest BCUT2D eigenvalue weighted by atomic mass is 10.2. The second-order valence-corrected chi connectivity index (χ2v) is 7.74. The molecule has 1 aliphatic rings. The Morgan fingerprint density at radius 2 is 2.06 bits per heavy atom. The van der Waals surface area contributed by atoms with Crippen molar-refractivity contribution < 1.29 is 17.9 Å². The lowest BCUT2D eigenvalue weighted by Crippen LogP contribution is -2.50. The predicted octanol–water partition coefficient (Wildman–Crippen LogP) is 3.04. The van der Waals surface area contributed by atoms with E-state index in [-0.39, 0.29) is 30.1 Å². The van der Waals surface area contributed by atoms with Gasteiger partial charge < -0.3 is 20.7 Å². The number of anilines is 1. The first-order chi connectivity index (χ1) is 14.3. The molecule has 2 rings (SSSR count). The van der Waals surface area contributed by atoms with E-state index in [0.717, 1.165) is 44.9 Å². The maximum atomic E-state index is 12.5. The van der Waals surface area contributed by atoms with Gasteiger partial charge in [-0.25, -0.2) is 4.98 Å². The molecule has 0 bridgehead atoms. The van der Waals surface area contributed by atoms with Crippen molar-refractivity contribution in [1.29, 1.82) is 0 Å². The molecule has 1 fully saturated rings. The third-order valence-electron chi connectivity index (χ3n) is 4.61. The lowest BCUT2D eigenvalue weighted by molar-refractivity contribution is -0.137. The quantitative estimate of drug-likeness (QED) is 0.187. The van der Waals surface area contributed by atoms with Crippen molar-refractivity contribution in [1.82, 2.24) is 20.5 Å². The average molecular weight is 558 g/mol. The van der Waals surface area contributed by atoms with Gasteiger partial charge in [0.1, 0.15) is 5.82 Å². The molecule has 11 heteroatoms. The van der Waals surface area contributed by atoms with Crippen LogP contribution in [0.25, 0.3) is 0 Å². The van der Waals surface area contributed by atoms with Crippen LogP contribution in [-0.4, -0.2) is 74.9 Å². The minimum atomic E-state index is -4.37. The second-order valence-electron chi connectivity index (χ2n) is 7.74. The summed E-state index contributed by atoms with van der Waals surface area (Å²) >= 11 is 0. The van der Waals surface area contributed by atoms with Crippen molar-refractivity contribution in [3.8, 4) is 0 Å². The molecule has 0 aliphatic carbocycles. The van der Waals surface area contributed by atoms with Gasteiger partial charge in [0, 0.05) is 52.5 Å². The second kappa shape index (κ2) is 13.9. The number of halogens is 4. The molecule has 7 nitrogen and oxygen atoms in total. The Hall–Kier alpha value is -1.34. The molecule has 1 unspecified atom stereocenters. The number of ether oxygens (including phenoxy) is 1. The minimum Gasteiger partial charge on any atom is -0.374 e. The van der Waals surface area contributed by atoms with Gasteiger partial charge in [-0.3, -0.25) is 9.89 Å². The molecule has 1 saturated heterocycles. The fourth-order valence-corrected chi connectivity index (χ4v) is 3.20. The summed E-state index contributed by atoms with van der Waals surface area (Å²) in [5, 5.41) is 9.53. The molecular formula is C20H34F3IN6O. The molecule has 0 amide bonds. The zero-order valence-corrected chi connectivity index (χ0v) is 20.7. The Kier molecular flexibility index (Phi) is 12.5. The summed E-state index contributed by atoms with van der Waals surface area (Å²) in [6.07, 6.45) is -2.65. The monoisotopic (exact) mass is 558 g/mol. The van der Waals surface area contributed by atoms with E-state index in [0.29, 0.717) is 37.3 Å². The van der Waals surface area contributed by atoms with Crippen LogP contribution in [0.15, 0.2) is 23.3 Å². The molecular weight excluding hydrogens is 524 g/mol. The van der Waals surface area contributed by atoms with Gasteiger partial charge in [-0.2, -0.15) is 13.2 Å². The maximum Gasteiger partial charge on any atom is 0.417 e. The summed E-state index contributed by atoms with van der Waals surface area (Å²) in [5.41, 5.74) is -0.751. The first-order valence-electron chi connectivity index (χ1n) is 10.3. The maximum absolute atomic E-state index is 12.5. The van der Waals surface area contributed by atoms with Gasteiger partial charge in [0.2, 0.25) is 0 Å². The van der Waals surface area contributed by atoms with Crippen LogP contribution in [0, 0.1) is 5.92 Å². The SMILES string of the molecule is CN=C(NCCCNc1ccc(C(F)(F)F)cn1)NCC1CN(CC(C)C)CCO1.I. The fraction of sp³-hybridized carbons (Fsp3) is 0.700. The Morgan fingerprint density at radius 1 is 1.29 bits per heavy atom. The first kappa shape index (κ1) is 27.7. The summed E-state index contributed by atoms with van der Waals surface area (Å²) < 4.78 is 43.4. The van der Waals surface area contributed by atoms with Gasteiger partial charge in [-0.15, -0.1) is 24.0 Å². The summed E-state index contributed by atoms with van der Waals surface area (Å²) in [6, 6.07) is 2.36. The Labute approximate surface area is 199 Å². The van der Waals surface area contributed by atoms with Gasteiger partial charge in [0.25, 0.3) is 0 Å². The number of rotatable bonds is 9. The van der Waals surface area contributed by atoms with Gasteiger partial charge in [-0.05, 0) is 24.5 Å². The summed E-state index contributed by atoms with van der Waals surface area (Å²) in [5.74, 6) is 1.76. The van der Waals surface area contributed by atoms with Crippen LogP contribution in [0.5, 0.6) is 0 Å². The standard InChI is InChI=1S/C20H33F3N6O.HI/c1-15(2)13-29-9-10-30-17(14-29)12-28-19(24-3)26-8-4-7-25-18-6-5-16(11-27-18)20(21,22)23;/h5-6,11,15,17H,4,7-10,12-14H2,1-3H3,(H,25,27)(H2,24,26,28);1H. The molecule has 0 spiro atoms. The first-order valence-corrected chi connectivity index (χ1v) is 10.3. The molecule has 1 atom stereocenters. The molecule has 0 radical (unpaired) electrons. The highest BCUT2D eigenvalue weighted by Crippen LogP contribution is 2.28. The van der Waals surface area contributed by atoms with Crippen molar-refractivity contribution >= 4 is 35.8 Å². The van der Waals surface area contributed by atoms with Gasteiger partial charge in [0.05, 0.1) is 18.3 Å². The molecule has 1 aromatic heterocycles. The number of hydrogen-bond acceptors (Lipinski definition) is 5. The number of pyridine rings is 1. The van der Waals surface area contributed by atoms with Gasteiger partial charge in [-0.1, -0.05) is 13.8 Å². The van der Waals surface area contributed by atoms with E-state index in [2.05, 4.69) is 44.7 Å². The Morgan fingerprint density at radius 3 is 2.68 bits per heavy atom. The van der Waals surface area contributed by atoms with Crippen LogP contribution >= 0.6 is 24.0 Å². The fourth-order valence-electron chi connectivity index (χ4n) is 3.20. The van der Waals surface area contributed by atoms with Crippen LogP contribution < -0.4 is 16.0 Å². The number of aliphatic imine (C=N–C) groups is 1. The highest BCUT2D eigenvalue weighted by Gasteiger charge is 2.30. The number of aromatic nitrogens is 1. The zero-order chi connectivity index (χ0) is 22.0.